The Kier molecular flexibility index (Phi) is 3.20. The minimum Gasteiger partial charge on any atom is -0.491 e. The first-order chi connectivity index (χ1) is 7.58. The number of ether oxygens (including phenoxy) is 1. The van der Waals surface area contributed by atoms with Gasteiger partial charge >= 0.3 is 0 Å². The average Bonchev–Trinajstić information content (AvgIpc) is 2.60. The van der Waals surface area contributed by atoms with Crippen molar-refractivity contribution in [3.8, 4) is 5.75 Å². The lowest BCUT2D eigenvalue weighted by atomic mass is 9.98. The van der Waals surface area contributed by atoms with Gasteiger partial charge in [0.2, 0.25) is 0 Å². The molecule has 2 rings (SSSR count). The second-order valence-corrected chi connectivity index (χ2v) is 5.14. The fourth-order valence-corrected chi connectivity index (χ4v) is 2.13. The number of fused-ring (bicyclic) bond motifs is 1. The minimum absolute atomic E-state index is 0.355. The summed E-state index contributed by atoms with van der Waals surface area (Å²) in [6, 6.07) is 7.40. The third-order valence-electron chi connectivity index (χ3n) is 3.02. The number of benzene rings is 1. The van der Waals surface area contributed by atoms with E-state index in [2.05, 4.69) is 51.2 Å². The van der Waals surface area contributed by atoms with Crippen LogP contribution in [0.2, 0.25) is 0 Å². The van der Waals surface area contributed by atoms with Crippen LogP contribution in [-0.4, -0.2) is 12.6 Å². The molecule has 1 atom stereocenters. The molecule has 1 aliphatic heterocycles. The van der Waals surface area contributed by atoms with E-state index in [-0.39, 0.29) is 0 Å². The van der Waals surface area contributed by atoms with E-state index in [0.29, 0.717) is 18.0 Å². The van der Waals surface area contributed by atoms with E-state index in [1.807, 2.05) is 0 Å². The molecule has 0 aromatic heterocycles. The molecule has 16 heavy (non-hydrogen) atoms. The van der Waals surface area contributed by atoms with Gasteiger partial charge in [-0.2, -0.15) is 0 Å². The molecule has 0 saturated heterocycles. The maximum Gasteiger partial charge on any atom is 0.124 e. The Labute approximate surface area is 98.0 Å². The molecule has 88 valence electrons. The van der Waals surface area contributed by atoms with Gasteiger partial charge in [-0.05, 0) is 17.5 Å². The van der Waals surface area contributed by atoms with Crippen molar-refractivity contribution in [3.63, 3.8) is 0 Å². The molecule has 2 heteroatoms. The predicted octanol–water partition coefficient (Wildman–Crippen LogP) is 3.24. The summed E-state index contributed by atoms with van der Waals surface area (Å²) in [6.45, 7) is 9.55. The van der Waals surface area contributed by atoms with Crippen molar-refractivity contribution in [1.82, 2.24) is 5.32 Å². The fourth-order valence-electron chi connectivity index (χ4n) is 2.13. The normalized spacial score (nSPS) is 19.0. The molecule has 1 N–H and O–H groups in total. The largest absolute Gasteiger partial charge is 0.491 e. The first-order valence-corrected chi connectivity index (χ1v) is 6.10. The first kappa shape index (κ1) is 11.5. The Hall–Kier alpha value is -1.02. The zero-order valence-corrected chi connectivity index (χ0v) is 10.6. The zero-order valence-electron chi connectivity index (χ0n) is 10.6. The highest BCUT2D eigenvalue weighted by Gasteiger charge is 2.24. The van der Waals surface area contributed by atoms with E-state index < -0.39 is 0 Å². The van der Waals surface area contributed by atoms with Crippen LogP contribution in [0.5, 0.6) is 5.75 Å². The van der Waals surface area contributed by atoms with Crippen molar-refractivity contribution in [3.05, 3.63) is 29.3 Å². The summed E-state index contributed by atoms with van der Waals surface area (Å²) >= 11 is 0. The number of nitrogens with one attached hydrogen (secondary N) is 1. The first-order valence-electron chi connectivity index (χ1n) is 6.10. The Balaban J connectivity index is 2.26. The molecule has 0 spiro atoms. The van der Waals surface area contributed by atoms with Gasteiger partial charge in [0.15, 0.2) is 0 Å². The Bertz CT molecular complexity index is 371. The third kappa shape index (κ3) is 2.22. The predicted molar refractivity (Wildman–Crippen MR) is 67.0 cm³/mol. The number of hydrogen-bond acceptors (Lipinski definition) is 2. The van der Waals surface area contributed by atoms with Gasteiger partial charge < -0.3 is 10.1 Å². The SMILES string of the molecule is CC(C)NC1COc2ccc(C(C)C)cc21. The van der Waals surface area contributed by atoms with E-state index >= 15 is 0 Å². The van der Waals surface area contributed by atoms with Crippen LogP contribution in [-0.2, 0) is 0 Å². The molecule has 0 fully saturated rings. The molecule has 0 radical (unpaired) electrons. The molecule has 1 unspecified atom stereocenters. The monoisotopic (exact) mass is 219 g/mol. The molecule has 1 aromatic rings. The molecule has 1 aliphatic rings. The molecule has 0 amide bonds. The van der Waals surface area contributed by atoms with Crippen molar-refractivity contribution in [2.24, 2.45) is 0 Å². The van der Waals surface area contributed by atoms with Crippen molar-refractivity contribution in [2.75, 3.05) is 6.61 Å². The lowest BCUT2D eigenvalue weighted by Crippen LogP contribution is -2.29. The van der Waals surface area contributed by atoms with Crippen LogP contribution < -0.4 is 10.1 Å². The Morgan fingerprint density at radius 3 is 2.62 bits per heavy atom. The Morgan fingerprint density at radius 2 is 2.00 bits per heavy atom. The molecule has 0 bridgehead atoms. The van der Waals surface area contributed by atoms with Crippen molar-refractivity contribution < 1.29 is 4.74 Å². The number of rotatable bonds is 3. The highest BCUT2D eigenvalue weighted by atomic mass is 16.5. The van der Waals surface area contributed by atoms with Crippen LogP contribution in [0.15, 0.2) is 18.2 Å². The van der Waals surface area contributed by atoms with E-state index in [4.69, 9.17) is 4.74 Å². The number of hydrogen-bond donors (Lipinski definition) is 1. The van der Waals surface area contributed by atoms with Gasteiger partial charge in [0.05, 0.1) is 6.04 Å². The second-order valence-electron chi connectivity index (χ2n) is 5.14. The summed E-state index contributed by atoms with van der Waals surface area (Å²) in [7, 11) is 0. The molecular weight excluding hydrogens is 198 g/mol. The van der Waals surface area contributed by atoms with Gasteiger partial charge in [-0.3, -0.25) is 0 Å². The quantitative estimate of drug-likeness (QED) is 0.842. The molecule has 0 saturated carbocycles. The maximum atomic E-state index is 5.68. The molecule has 1 aromatic carbocycles. The van der Waals surface area contributed by atoms with Crippen LogP contribution in [0.25, 0.3) is 0 Å². The lowest BCUT2D eigenvalue weighted by Gasteiger charge is -2.15. The molecule has 0 aliphatic carbocycles. The zero-order chi connectivity index (χ0) is 11.7. The lowest BCUT2D eigenvalue weighted by molar-refractivity contribution is 0.303. The van der Waals surface area contributed by atoms with Gasteiger partial charge in [-0.1, -0.05) is 39.8 Å². The topological polar surface area (TPSA) is 21.3 Å². The van der Waals surface area contributed by atoms with Crippen molar-refractivity contribution >= 4 is 0 Å². The van der Waals surface area contributed by atoms with Crippen molar-refractivity contribution in [1.29, 1.82) is 0 Å². The Morgan fingerprint density at radius 1 is 1.25 bits per heavy atom. The third-order valence-corrected chi connectivity index (χ3v) is 3.02. The van der Waals surface area contributed by atoms with Gasteiger partial charge in [0.1, 0.15) is 12.4 Å². The van der Waals surface area contributed by atoms with E-state index in [1.54, 1.807) is 0 Å². The van der Waals surface area contributed by atoms with Gasteiger partial charge in [-0.15, -0.1) is 0 Å². The standard InChI is InChI=1S/C14H21NO/c1-9(2)11-5-6-14-12(7-11)13(8-16-14)15-10(3)4/h5-7,9-10,13,15H,8H2,1-4H3. The van der Waals surface area contributed by atoms with E-state index in [0.717, 1.165) is 12.4 Å². The summed E-state index contributed by atoms with van der Waals surface area (Å²) in [6.07, 6.45) is 0. The van der Waals surface area contributed by atoms with Gasteiger partial charge in [0, 0.05) is 11.6 Å². The van der Waals surface area contributed by atoms with Crippen LogP contribution in [0.4, 0.5) is 0 Å². The highest BCUT2D eigenvalue weighted by Crippen LogP contribution is 2.34. The van der Waals surface area contributed by atoms with Crippen LogP contribution in [0.1, 0.15) is 50.8 Å². The smallest absolute Gasteiger partial charge is 0.124 e. The average molecular weight is 219 g/mol. The van der Waals surface area contributed by atoms with E-state index in [1.165, 1.54) is 11.1 Å². The molecule has 2 nitrogen and oxygen atoms in total. The van der Waals surface area contributed by atoms with Gasteiger partial charge in [0.25, 0.3) is 0 Å². The van der Waals surface area contributed by atoms with Crippen LogP contribution >= 0.6 is 0 Å². The summed E-state index contributed by atoms with van der Waals surface area (Å²) in [5, 5.41) is 3.54. The summed E-state index contributed by atoms with van der Waals surface area (Å²) in [5.41, 5.74) is 2.71. The van der Waals surface area contributed by atoms with Gasteiger partial charge in [-0.25, -0.2) is 0 Å². The van der Waals surface area contributed by atoms with Crippen LogP contribution in [0.3, 0.4) is 0 Å². The van der Waals surface area contributed by atoms with E-state index in [9.17, 15) is 0 Å². The summed E-state index contributed by atoms with van der Waals surface area (Å²) < 4.78 is 5.68. The maximum absolute atomic E-state index is 5.68. The summed E-state index contributed by atoms with van der Waals surface area (Å²) in [5.74, 6) is 1.62. The second kappa shape index (κ2) is 4.46. The minimum atomic E-state index is 0.355. The van der Waals surface area contributed by atoms with Crippen LogP contribution in [0, 0.1) is 0 Å². The molecular formula is C14H21NO. The summed E-state index contributed by atoms with van der Waals surface area (Å²) in [4.78, 5) is 0. The van der Waals surface area contributed by atoms with Crippen molar-refractivity contribution in [2.45, 2.75) is 45.7 Å². The molecule has 1 heterocycles. The highest BCUT2D eigenvalue weighted by molar-refractivity contribution is 5.43. The fraction of sp³-hybridized carbons (Fsp3) is 0.571.